The lowest BCUT2D eigenvalue weighted by atomic mass is 9.87. The molecular weight excluding hydrogens is 674 g/mol. The first-order chi connectivity index (χ1) is 23.5. The Labute approximate surface area is 314 Å². The number of aromatic amines is 1. The van der Waals surface area contributed by atoms with Gasteiger partial charge in [0, 0.05) is 63.1 Å². The molecule has 0 amide bonds. The van der Waals surface area contributed by atoms with Crippen LogP contribution in [0.3, 0.4) is 0 Å². The summed E-state index contributed by atoms with van der Waals surface area (Å²) >= 11 is 0. The molecule has 0 bridgehead atoms. The van der Waals surface area contributed by atoms with Crippen molar-refractivity contribution < 1.29 is 12.8 Å². The van der Waals surface area contributed by atoms with Crippen molar-refractivity contribution in [3.05, 3.63) is 83.1 Å². The third-order valence-electron chi connectivity index (χ3n) is 9.58. The number of aromatic nitrogens is 2. The van der Waals surface area contributed by atoms with Gasteiger partial charge in [0.05, 0.1) is 6.61 Å². The maximum Gasteiger partial charge on any atom is 0.123 e. The van der Waals surface area contributed by atoms with Gasteiger partial charge in [0.15, 0.2) is 0 Å². The lowest BCUT2D eigenvalue weighted by Gasteiger charge is -2.44. The molecule has 2 aromatic heterocycles. The molecule has 0 aliphatic heterocycles. The van der Waals surface area contributed by atoms with Crippen LogP contribution in [-0.2, 0) is 21.5 Å². The Hall–Kier alpha value is -2.52. The van der Waals surface area contributed by atoms with Gasteiger partial charge in [0.2, 0.25) is 0 Å². The monoisotopic (exact) mass is 743 g/mol. The normalized spacial score (nSPS) is 13.1. The van der Waals surface area contributed by atoms with E-state index in [9.17, 15) is 4.39 Å². The number of hydrogen-bond donors (Lipinski definition) is 2. The zero-order valence-electron chi connectivity index (χ0n) is 34.9. The van der Waals surface area contributed by atoms with Gasteiger partial charge in [-0.1, -0.05) is 108 Å². The fraction of sp³-hybridized carbons (Fsp3) is 0.558. The van der Waals surface area contributed by atoms with Gasteiger partial charge in [-0.3, -0.25) is 4.98 Å². The molecule has 0 spiro atoms. The van der Waals surface area contributed by atoms with E-state index in [1.165, 1.54) is 11.8 Å². The fourth-order valence-electron chi connectivity index (χ4n) is 4.93. The van der Waals surface area contributed by atoms with Gasteiger partial charge in [-0.25, -0.2) is 4.39 Å². The fourth-order valence-corrected chi connectivity index (χ4v) is 6.20. The predicted octanol–water partition coefficient (Wildman–Crippen LogP) is 13.3. The van der Waals surface area contributed by atoms with Crippen molar-refractivity contribution in [2.24, 2.45) is 0 Å². The van der Waals surface area contributed by atoms with Gasteiger partial charge in [-0.2, -0.15) is 0 Å². The summed E-state index contributed by atoms with van der Waals surface area (Å²) < 4.78 is 26.6. The number of nitrogens with one attached hydrogen (secondary N) is 2. The van der Waals surface area contributed by atoms with E-state index in [-0.39, 0.29) is 22.4 Å². The molecular formula is C43H70FN3O2S2. The Morgan fingerprint density at radius 1 is 0.784 bits per heavy atom. The summed E-state index contributed by atoms with van der Waals surface area (Å²) in [4.78, 5) is 8.60. The molecule has 5 nitrogen and oxygen atoms in total. The second kappa shape index (κ2) is 18.5. The number of hydrogen-bond acceptors (Lipinski definition) is 4. The van der Waals surface area contributed by atoms with Crippen molar-refractivity contribution in [3.8, 4) is 11.1 Å². The third kappa shape index (κ3) is 12.0. The first-order valence-electron chi connectivity index (χ1n) is 18.3. The third-order valence-corrected chi connectivity index (χ3v) is 17.0. The Kier molecular flexibility index (Phi) is 16.2. The Morgan fingerprint density at radius 3 is 1.78 bits per heavy atom. The molecule has 288 valence electrons. The first-order valence-corrected chi connectivity index (χ1v) is 23.0. The smallest absolute Gasteiger partial charge is 0.123 e. The SMILES string of the molecule is CC(C)c1nc(C(C)C)c(COS(C)(C)C(C)(C)C)c(-c2ccc(F)cc2)c1CNc1ccc2cc[nH]c2c1.CCC.COS(C)(C)C(C)(C)C. The minimum Gasteiger partial charge on any atom is -0.381 e. The molecule has 2 N–H and O–H groups in total. The molecule has 0 radical (unpaired) electrons. The Morgan fingerprint density at radius 2 is 1.31 bits per heavy atom. The van der Waals surface area contributed by atoms with Crippen LogP contribution in [0.15, 0.2) is 54.7 Å². The van der Waals surface area contributed by atoms with Crippen molar-refractivity contribution in [1.29, 1.82) is 0 Å². The first kappa shape index (κ1) is 44.6. The molecule has 0 saturated heterocycles. The van der Waals surface area contributed by atoms with E-state index >= 15 is 0 Å². The Bertz CT molecular complexity index is 1660. The van der Waals surface area contributed by atoms with Gasteiger partial charge in [-0.05, 0) is 83.7 Å². The van der Waals surface area contributed by atoms with Crippen LogP contribution in [0.1, 0.15) is 124 Å². The lowest BCUT2D eigenvalue weighted by Crippen LogP contribution is -2.25. The van der Waals surface area contributed by atoms with Gasteiger partial charge in [-0.15, -0.1) is 20.6 Å². The van der Waals surface area contributed by atoms with Crippen LogP contribution in [0.2, 0.25) is 0 Å². The van der Waals surface area contributed by atoms with E-state index < -0.39 is 20.6 Å². The molecule has 2 heterocycles. The summed E-state index contributed by atoms with van der Waals surface area (Å²) in [5, 5.41) is 4.84. The molecule has 0 saturated carbocycles. The molecule has 0 aliphatic rings. The van der Waals surface area contributed by atoms with E-state index in [1.54, 1.807) is 19.2 Å². The maximum atomic E-state index is 14.1. The van der Waals surface area contributed by atoms with Gasteiger partial charge in [0.25, 0.3) is 0 Å². The zero-order valence-corrected chi connectivity index (χ0v) is 36.6. The Balaban J connectivity index is 0.000000647. The molecule has 2 aromatic carbocycles. The summed E-state index contributed by atoms with van der Waals surface area (Å²) in [7, 11) is -0.404. The van der Waals surface area contributed by atoms with Crippen molar-refractivity contribution in [2.75, 3.05) is 37.4 Å². The molecule has 51 heavy (non-hydrogen) atoms. The van der Waals surface area contributed by atoms with E-state index in [0.717, 1.165) is 44.8 Å². The molecule has 0 atom stereocenters. The highest BCUT2D eigenvalue weighted by Gasteiger charge is 2.31. The number of nitrogens with zero attached hydrogens (tertiary/aromatic N) is 1. The van der Waals surface area contributed by atoms with Crippen molar-refractivity contribution in [1.82, 2.24) is 9.97 Å². The predicted molar refractivity (Wildman–Crippen MR) is 230 cm³/mol. The van der Waals surface area contributed by atoms with Crippen molar-refractivity contribution >= 4 is 37.2 Å². The molecule has 0 unspecified atom stereocenters. The van der Waals surface area contributed by atoms with Crippen LogP contribution in [0, 0.1) is 5.82 Å². The number of fused-ring (bicyclic) bond motifs is 1. The number of H-pyrrole nitrogens is 1. The summed E-state index contributed by atoms with van der Waals surface area (Å²) in [6, 6.07) is 15.3. The molecule has 8 heteroatoms. The zero-order chi connectivity index (χ0) is 38.9. The van der Waals surface area contributed by atoms with Crippen LogP contribution in [0.25, 0.3) is 22.0 Å². The van der Waals surface area contributed by atoms with Gasteiger partial charge >= 0.3 is 0 Å². The molecule has 4 rings (SSSR count). The van der Waals surface area contributed by atoms with Crippen molar-refractivity contribution in [2.45, 2.75) is 124 Å². The topological polar surface area (TPSA) is 59.2 Å². The van der Waals surface area contributed by atoms with E-state index in [1.807, 2.05) is 18.3 Å². The minimum atomic E-state index is -1.36. The second-order valence-electron chi connectivity index (χ2n) is 16.5. The quantitative estimate of drug-likeness (QED) is 0.170. The minimum absolute atomic E-state index is 0.0349. The van der Waals surface area contributed by atoms with E-state index in [2.05, 4.69) is 143 Å². The van der Waals surface area contributed by atoms with E-state index in [0.29, 0.717) is 17.9 Å². The molecule has 0 aliphatic carbocycles. The summed E-state index contributed by atoms with van der Waals surface area (Å²) in [5.41, 5.74) is 8.58. The van der Waals surface area contributed by atoms with Gasteiger partial charge < -0.3 is 18.7 Å². The number of benzene rings is 2. The van der Waals surface area contributed by atoms with Crippen LogP contribution < -0.4 is 5.32 Å². The highest BCUT2D eigenvalue weighted by molar-refractivity contribution is 8.30. The van der Waals surface area contributed by atoms with Crippen LogP contribution in [0.5, 0.6) is 0 Å². The highest BCUT2D eigenvalue weighted by atomic mass is 32.3. The molecule has 0 fully saturated rings. The lowest BCUT2D eigenvalue weighted by molar-refractivity contribution is 0.336. The van der Waals surface area contributed by atoms with Gasteiger partial charge in [0.1, 0.15) is 5.82 Å². The number of anilines is 1. The highest BCUT2D eigenvalue weighted by Crippen LogP contribution is 2.55. The second-order valence-corrected chi connectivity index (χ2v) is 24.4. The standard InChI is InChI=1S/C33H44FN3OS.C7H18OS.C3H8/c1-21(2)31-27(19-36-26-15-12-23-16-17-35-29(23)18-26)30(24-10-13-25(34)14-11-24)28(32(37-31)22(3)4)20-38-39(8,9)33(5,6)7;1-7(2,3)9(5,6)8-4;1-3-2/h10-18,21-22,35-36H,19-20H2,1-9H3;1-6H3;3H2,1-2H3. The number of pyridine rings is 1. The number of halogens is 1. The average Bonchev–Trinajstić information content (AvgIpc) is 3.50. The summed E-state index contributed by atoms with van der Waals surface area (Å²) in [5.74, 6) is 0.192. The van der Waals surface area contributed by atoms with Crippen LogP contribution in [0.4, 0.5) is 10.1 Å². The summed E-state index contributed by atoms with van der Waals surface area (Å²) in [6.07, 6.45) is 12.0. The number of rotatable bonds is 10. The largest absolute Gasteiger partial charge is 0.381 e. The summed E-state index contributed by atoms with van der Waals surface area (Å²) in [6.45, 7) is 27.4. The van der Waals surface area contributed by atoms with Crippen LogP contribution in [-0.4, -0.2) is 51.6 Å². The average molecular weight is 744 g/mol. The van der Waals surface area contributed by atoms with Crippen molar-refractivity contribution in [3.63, 3.8) is 0 Å². The van der Waals surface area contributed by atoms with Crippen LogP contribution >= 0.6 is 20.6 Å². The maximum absolute atomic E-state index is 14.1. The van der Waals surface area contributed by atoms with E-state index in [4.69, 9.17) is 13.4 Å². The molecule has 4 aromatic rings.